The van der Waals surface area contributed by atoms with Crippen molar-refractivity contribution in [1.82, 2.24) is 0 Å². The summed E-state index contributed by atoms with van der Waals surface area (Å²) in [7, 11) is 1.55. The van der Waals surface area contributed by atoms with Crippen LogP contribution >= 0.6 is 11.6 Å². The smallest absolute Gasteiger partial charge is 0.290 e. The van der Waals surface area contributed by atoms with Crippen LogP contribution in [0.3, 0.4) is 0 Å². The van der Waals surface area contributed by atoms with Gasteiger partial charge < -0.3 is 22.5 Å². The minimum Gasteiger partial charge on any atom is -1.00 e. The van der Waals surface area contributed by atoms with Gasteiger partial charge in [-0.2, -0.15) is 4.57 Å². The average Bonchev–Trinajstić information content (AvgIpc) is 2.38. The second kappa shape index (κ2) is 7.86. The number of pyridine rings is 1. The number of aromatic nitrogens is 1. The summed E-state index contributed by atoms with van der Waals surface area (Å²) >= 11 is 5.93. The van der Waals surface area contributed by atoms with Crippen molar-refractivity contribution in [2.75, 3.05) is 12.4 Å². The Morgan fingerprint density at radius 3 is 2.81 bits per heavy atom. The number of carbonyl (C=O) groups is 1. The lowest BCUT2D eigenvalue weighted by Gasteiger charge is -2.09. The molecule has 0 atom stereocenters. The molecule has 4 nitrogen and oxygen atoms in total. The molecule has 1 heterocycles. The second-order valence-electron chi connectivity index (χ2n) is 4.45. The van der Waals surface area contributed by atoms with Gasteiger partial charge in [-0.1, -0.05) is 11.6 Å². The highest BCUT2D eigenvalue weighted by Crippen LogP contribution is 2.27. The van der Waals surface area contributed by atoms with Gasteiger partial charge in [-0.3, -0.25) is 4.79 Å². The maximum atomic E-state index is 12.0. The summed E-state index contributed by atoms with van der Waals surface area (Å²) < 4.78 is 7.01. The number of hydrogen-bond donors (Lipinski definition) is 1. The number of benzene rings is 1. The zero-order chi connectivity index (χ0) is 14.5. The molecule has 0 aliphatic carbocycles. The van der Waals surface area contributed by atoms with Crippen molar-refractivity contribution in [3.05, 3.63) is 53.3 Å². The molecule has 0 saturated heterocycles. The molecule has 0 bridgehead atoms. The van der Waals surface area contributed by atoms with E-state index in [-0.39, 0.29) is 24.9 Å². The summed E-state index contributed by atoms with van der Waals surface area (Å²) in [6.45, 7) is 2.21. The van der Waals surface area contributed by atoms with Crippen LogP contribution in [0.4, 0.5) is 5.69 Å². The molecule has 0 spiro atoms. The van der Waals surface area contributed by atoms with E-state index in [0.29, 0.717) is 16.5 Å². The Morgan fingerprint density at radius 2 is 2.14 bits per heavy atom. The monoisotopic (exact) mass is 326 g/mol. The molecule has 0 fully saturated rings. The van der Waals surface area contributed by atoms with Crippen LogP contribution in [0.25, 0.3) is 0 Å². The number of methoxy groups -OCH3 is 1. The molecule has 0 radical (unpaired) electrons. The molecular formula is C15H16Cl2N2O2. The lowest BCUT2D eigenvalue weighted by molar-refractivity contribution is -0.684. The highest BCUT2D eigenvalue weighted by atomic mass is 35.5. The number of nitrogens with one attached hydrogen (secondary N) is 1. The minimum atomic E-state index is -0.138. The highest BCUT2D eigenvalue weighted by Gasteiger charge is 2.12. The van der Waals surface area contributed by atoms with E-state index >= 15 is 0 Å². The largest absolute Gasteiger partial charge is 1.00 e. The van der Waals surface area contributed by atoms with E-state index in [1.807, 2.05) is 36.0 Å². The number of nitrogens with zero attached hydrogens (tertiary/aromatic N) is 1. The lowest BCUT2D eigenvalue weighted by atomic mass is 10.3. The molecule has 2 aromatic rings. The molecule has 1 aromatic carbocycles. The van der Waals surface area contributed by atoms with Crippen molar-refractivity contribution in [3.8, 4) is 5.75 Å². The number of aryl methyl sites for hydroxylation is 1. The fourth-order valence-electron chi connectivity index (χ4n) is 1.88. The van der Waals surface area contributed by atoms with Gasteiger partial charge in [0.15, 0.2) is 12.4 Å². The first-order valence-corrected chi connectivity index (χ1v) is 6.55. The van der Waals surface area contributed by atoms with Gasteiger partial charge in [0.1, 0.15) is 5.75 Å². The van der Waals surface area contributed by atoms with Crippen molar-refractivity contribution < 1.29 is 26.5 Å². The van der Waals surface area contributed by atoms with E-state index in [9.17, 15) is 4.79 Å². The molecule has 1 N–H and O–H groups in total. The van der Waals surface area contributed by atoms with Gasteiger partial charge >= 0.3 is 0 Å². The van der Waals surface area contributed by atoms with Gasteiger partial charge in [0.05, 0.1) is 12.8 Å². The fraction of sp³-hybridized carbons (Fsp3) is 0.200. The van der Waals surface area contributed by atoms with Crippen molar-refractivity contribution in [2.45, 2.75) is 13.5 Å². The predicted octanol–water partition coefficient (Wildman–Crippen LogP) is -0.413. The third-order valence-electron chi connectivity index (χ3n) is 2.77. The van der Waals surface area contributed by atoms with E-state index in [4.69, 9.17) is 16.3 Å². The van der Waals surface area contributed by atoms with E-state index in [1.54, 1.807) is 25.3 Å². The number of rotatable bonds is 4. The van der Waals surface area contributed by atoms with Gasteiger partial charge in [0.25, 0.3) is 5.91 Å². The van der Waals surface area contributed by atoms with Crippen molar-refractivity contribution in [2.24, 2.45) is 0 Å². The molecule has 2 rings (SSSR count). The Labute approximate surface area is 135 Å². The number of hydrogen-bond acceptors (Lipinski definition) is 2. The fourth-order valence-corrected chi connectivity index (χ4v) is 2.06. The molecule has 0 saturated carbocycles. The average molecular weight is 327 g/mol. The predicted molar refractivity (Wildman–Crippen MR) is 78.0 cm³/mol. The summed E-state index contributed by atoms with van der Waals surface area (Å²) in [5.41, 5.74) is 1.67. The van der Waals surface area contributed by atoms with Crippen LogP contribution in [0.15, 0.2) is 42.7 Å². The molecule has 0 aliphatic heterocycles. The second-order valence-corrected chi connectivity index (χ2v) is 4.88. The Bertz CT molecular complexity index is 633. The number of ether oxygens (including phenoxy) is 1. The van der Waals surface area contributed by atoms with Crippen LogP contribution in [0.2, 0.25) is 5.02 Å². The molecule has 1 amide bonds. The maximum Gasteiger partial charge on any atom is 0.290 e. The van der Waals surface area contributed by atoms with Crippen molar-refractivity contribution >= 4 is 23.2 Å². The van der Waals surface area contributed by atoms with Gasteiger partial charge in [-0.05, 0) is 31.2 Å². The first-order valence-electron chi connectivity index (χ1n) is 6.17. The third-order valence-corrected chi connectivity index (χ3v) is 3.00. The number of anilines is 1. The topological polar surface area (TPSA) is 42.2 Å². The van der Waals surface area contributed by atoms with Gasteiger partial charge in [-0.25, -0.2) is 0 Å². The summed E-state index contributed by atoms with van der Waals surface area (Å²) in [6, 6.07) is 8.99. The van der Waals surface area contributed by atoms with Crippen LogP contribution in [-0.4, -0.2) is 13.0 Å². The van der Waals surface area contributed by atoms with E-state index < -0.39 is 0 Å². The van der Waals surface area contributed by atoms with E-state index in [1.165, 1.54) is 0 Å². The zero-order valence-electron chi connectivity index (χ0n) is 11.8. The first-order chi connectivity index (χ1) is 9.58. The van der Waals surface area contributed by atoms with Crippen molar-refractivity contribution in [1.29, 1.82) is 0 Å². The Kier molecular flexibility index (Phi) is 6.46. The summed E-state index contributed by atoms with van der Waals surface area (Å²) in [5, 5.41) is 3.35. The number of amides is 1. The molecule has 1 aromatic heterocycles. The molecule has 0 aliphatic rings. The zero-order valence-corrected chi connectivity index (χ0v) is 13.3. The van der Waals surface area contributed by atoms with E-state index in [2.05, 4.69) is 5.32 Å². The van der Waals surface area contributed by atoms with Crippen LogP contribution in [0.5, 0.6) is 5.75 Å². The van der Waals surface area contributed by atoms with Crippen LogP contribution < -0.4 is 27.0 Å². The van der Waals surface area contributed by atoms with Gasteiger partial charge in [0, 0.05) is 16.7 Å². The molecule has 21 heavy (non-hydrogen) atoms. The molecular weight excluding hydrogens is 311 g/mol. The standard InChI is InChI=1S/C15H15ClN2O2.ClH/c1-11-4-3-7-18(9-11)10-15(19)17-13-8-12(16)5-6-14(13)20-2;/h3-9H,10H2,1-2H3;1H. The molecule has 0 unspecified atom stereocenters. The Balaban J connectivity index is 0.00000220. The lowest BCUT2D eigenvalue weighted by Crippen LogP contribution is -3.00. The number of carbonyl (C=O) groups excluding carboxylic acids is 1. The Hall–Kier alpha value is -1.78. The summed E-state index contributed by atoms with van der Waals surface area (Å²) in [5.74, 6) is 0.443. The van der Waals surface area contributed by atoms with Crippen LogP contribution in [-0.2, 0) is 11.3 Å². The Morgan fingerprint density at radius 1 is 1.38 bits per heavy atom. The van der Waals surface area contributed by atoms with Crippen LogP contribution in [0, 0.1) is 6.92 Å². The molecule has 112 valence electrons. The number of halogens is 2. The van der Waals surface area contributed by atoms with Gasteiger partial charge in [0.2, 0.25) is 6.54 Å². The maximum absolute atomic E-state index is 12.0. The highest BCUT2D eigenvalue weighted by molar-refractivity contribution is 6.31. The van der Waals surface area contributed by atoms with E-state index in [0.717, 1.165) is 5.56 Å². The summed E-state index contributed by atoms with van der Waals surface area (Å²) in [6.07, 6.45) is 3.76. The third kappa shape index (κ3) is 4.92. The summed E-state index contributed by atoms with van der Waals surface area (Å²) in [4.78, 5) is 12.0. The van der Waals surface area contributed by atoms with Crippen LogP contribution in [0.1, 0.15) is 5.56 Å². The molecule has 6 heteroatoms. The normalized spacial score (nSPS) is 9.67. The van der Waals surface area contributed by atoms with Crippen molar-refractivity contribution in [3.63, 3.8) is 0 Å². The minimum absolute atomic E-state index is 0. The van der Waals surface area contributed by atoms with Gasteiger partial charge in [-0.15, -0.1) is 0 Å². The first kappa shape index (κ1) is 17.3. The SMILES string of the molecule is COc1ccc(Cl)cc1NC(=O)C[n+]1cccc(C)c1.[Cl-]. The quantitative estimate of drug-likeness (QED) is 0.776.